The number of nitrogens with zero attached hydrogens (tertiary/aromatic N) is 2. The third kappa shape index (κ3) is 6.22. The zero-order chi connectivity index (χ0) is 19.9. The maximum atomic E-state index is 12.8. The Hall–Kier alpha value is -2.63. The molecule has 1 aromatic heterocycles. The first-order valence-electron chi connectivity index (χ1n) is 10.1. The van der Waals surface area contributed by atoms with Gasteiger partial charge in [-0.05, 0) is 36.7 Å². The maximum absolute atomic E-state index is 12.8. The van der Waals surface area contributed by atoms with Gasteiger partial charge in [-0.2, -0.15) is 0 Å². The molecular formula is C22H29N3O3. The molecule has 150 valence electrons. The highest BCUT2D eigenvalue weighted by molar-refractivity contribution is 5.92. The Morgan fingerprint density at radius 2 is 2.00 bits per heavy atom. The molecule has 1 saturated carbocycles. The third-order valence-electron chi connectivity index (χ3n) is 4.80. The number of rotatable bonds is 10. The topological polar surface area (TPSA) is 75.4 Å². The Bertz CT molecular complexity index is 781. The molecule has 1 aliphatic rings. The molecule has 0 bridgehead atoms. The van der Waals surface area contributed by atoms with Crippen LogP contribution in [0.2, 0.25) is 0 Å². The van der Waals surface area contributed by atoms with E-state index in [1.807, 2.05) is 30.3 Å². The summed E-state index contributed by atoms with van der Waals surface area (Å²) in [4.78, 5) is 26.7. The van der Waals surface area contributed by atoms with E-state index in [0.29, 0.717) is 50.1 Å². The zero-order valence-electron chi connectivity index (χ0n) is 16.7. The van der Waals surface area contributed by atoms with Crippen LogP contribution >= 0.6 is 0 Å². The van der Waals surface area contributed by atoms with Gasteiger partial charge in [0.15, 0.2) is 11.5 Å². The highest BCUT2D eigenvalue weighted by Gasteiger charge is 2.23. The van der Waals surface area contributed by atoms with E-state index in [4.69, 9.17) is 4.52 Å². The number of benzene rings is 1. The van der Waals surface area contributed by atoms with Gasteiger partial charge in [-0.1, -0.05) is 49.3 Å². The number of amides is 2. The second-order valence-electron chi connectivity index (χ2n) is 7.99. The lowest BCUT2D eigenvalue weighted by Gasteiger charge is -2.23. The van der Waals surface area contributed by atoms with Crippen molar-refractivity contribution in [2.24, 2.45) is 11.8 Å². The van der Waals surface area contributed by atoms with Crippen LogP contribution in [0.4, 0.5) is 0 Å². The highest BCUT2D eigenvalue weighted by Crippen LogP contribution is 2.27. The van der Waals surface area contributed by atoms with Crippen molar-refractivity contribution < 1.29 is 14.1 Å². The van der Waals surface area contributed by atoms with Crippen LogP contribution in [0.25, 0.3) is 0 Å². The summed E-state index contributed by atoms with van der Waals surface area (Å²) in [6.07, 6.45) is 3.51. The van der Waals surface area contributed by atoms with Crippen molar-refractivity contribution in [3.63, 3.8) is 0 Å². The van der Waals surface area contributed by atoms with Gasteiger partial charge in [-0.25, -0.2) is 0 Å². The van der Waals surface area contributed by atoms with Gasteiger partial charge in [0.25, 0.3) is 5.91 Å². The number of carbonyl (C=O) groups excluding carboxylic acids is 2. The summed E-state index contributed by atoms with van der Waals surface area (Å²) in [5.41, 5.74) is 1.42. The fourth-order valence-corrected chi connectivity index (χ4v) is 3.08. The van der Waals surface area contributed by atoms with E-state index in [1.54, 1.807) is 11.0 Å². The summed E-state index contributed by atoms with van der Waals surface area (Å²) in [6.45, 7) is 5.81. The van der Waals surface area contributed by atoms with E-state index in [-0.39, 0.29) is 17.5 Å². The van der Waals surface area contributed by atoms with Crippen molar-refractivity contribution in [3.8, 4) is 0 Å². The van der Waals surface area contributed by atoms with E-state index in [9.17, 15) is 9.59 Å². The number of aromatic nitrogens is 1. The predicted molar refractivity (Wildman–Crippen MR) is 107 cm³/mol. The lowest BCUT2D eigenvalue weighted by Crippen LogP contribution is -2.33. The SMILES string of the molecule is CC(C)CN(Cc1cc(C(=O)NCC2CC2)no1)C(=O)CCc1ccccc1. The van der Waals surface area contributed by atoms with Crippen molar-refractivity contribution in [3.05, 3.63) is 53.4 Å². The molecule has 0 spiro atoms. The van der Waals surface area contributed by atoms with Gasteiger partial charge in [0, 0.05) is 25.6 Å². The van der Waals surface area contributed by atoms with Crippen LogP contribution < -0.4 is 5.32 Å². The maximum Gasteiger partial charge on any atom is 0.273 e. The molecule has 0 atom stereocenters. The summed E-state index contributed by atoms with van der Waals surface area (Å²) in [6, 6.07) is 11.6. The fraction of sp³-hybridized carbons (Fsp3) is 0.500. The molecule has 2 aromatic rings. The van der Waals surface area contributed by atoms with E-state index in [2.05, 4.69) is 24.3 Å². The lowest BCUT2D eigenvalue weighted by molar-refractivity contribution is -0.132. The Morgan fingerprint density at radius 3 is 2.68 bits per heavy atom. The van der Waals surface area contributed by atoms with E-state index in [0.717, 1.165) is 5.56 Å². The summed E-state index contributed by atoms with van der Waals surface area (Å²) < 4.78 is 5.33. The molecule has 1 aromatic carbocycles. The molecule has 0 saturated heterocycles. The molecule has 0 aliphatic heterocycles. The zero-order valence-corrected chi connectivity index (χ0v) is 16.7. The Labute approximate surface area is 166 Å². The number of hydrogen-bond donors (Lipinski definition) is 1. The molecule has 1 heterocycles. The lowest BCUT2D eigenvalue weighted by atomic mass is 10.1. The molecule has 28 heavy (non-hydrogen) atoms. The number of hydrogen-bond acceptors (Lipinski definition) is 4. The molecule has 6 nitrogen and oxygen atoms in total. The largest absolute Gasteiger partial charge is 0.359 e. The van der Waals surface area contributed by atoms with Crippen molar-refractivity contribution in [1.29, 1.82) is 0 Å². The first-order valence-corrected chi connectivity index (χ1v) is 10.1. The van der Waals surface area contributed by atoms with Crippen LogP contribution in [0, 0.1) is 11.8 Å². The Balaban J connectivity index is 1.56. The first kappa shape index (κ1) is 20.1. The van der Waals surface area contributed by atoms with Crippen molar-refractivity contribution in [2.75, 3.05) is 13.1 Å². The number of aryl methyl sites for hydroxylation is 1. The third-order valence-corrected chi connectivity index (χ3v) is 4.80. The number of carbonyl (C=O) groups is 2. The molecule has 1 aliphatic carbocycles. The van der Waals surface area contributed by atoms with Crippen LogP contribution in [0.15, 0.2) is 40.9 Å². The highest BCUT2D eigenvalue weighted by atomic mass is 16.5. The standard InChI is InChI=1S/C22H29N3O3/c1-16(2)14-25(21(26)11-10-17-6-4-3-5-7-17)15-19-12-20(24-28-19)22(27)23-13-18-8-9-18/h3-7,12,16,18H,8-11,13-15H2,1-2H3,(H,23,27). The predicted octanol–water partition coefficient (Wildman–Crippen LogP) is 3.43. The fourth-order valence-electron chi connectivity index (χ4n) is 3.08. The van der Waals surface area contributed by atoms with Gasteiger partial charge < -0.3 is 14.7 Å². The van der Waals surface area contributed by atoms with Gasteiger partial charge in [-0.3, -0.25) is 9.59 Å². The summed E-state index contributed by atoms with van der Waals surface area (Å²) in [5, 5.41) is 6.75. The van der Waals surface area contributed by atoms with E-state index >= 15 is 0 Å². The number of nitrogens with one attached hydrogen (secondary N) is 1. The average Bonchev–Trinajstić information content (AvgIpc) is 3.40. The minimum absolute atomic E-state index is 0.0775. The van der Waals surface area contributed by atoms with Gasteiger partial charge in [0.05, 0.1) is 6.54 Å². The van der Waals surface area contributed by atoms with Gasteiger partial charge in [-0.15, -0.1) is 0 Å². The van der Waals surface area contributed by atoms with Crippen LogP contribution in [0.5, 0.6) is 0 Å². The van der Waals surface area contributed by atoms with E-state index in [1.165, 1.54) is 12.8 Å². The second-order valence-corrected chi connectivity index (χ2v) is 7.99. The smallest absolute Gasteiger partial charge is 0.273 e. The average molecular weight is 383 g/mol. The van der Waals surface area contributed by atoms with Gasteiger partial charge in [0.2, 0.25) is 5.91 Å². The van der Waals surface area contributed by atoms with Crippen LogP contribution in [-0.2, 0) is 17.8 Å². The second kappa shape index (κ2) is 9.53. The Kier molecular flexibility index (Phi) is 6.85. The molecule has 1 N–H and O–H groups in total. The summed E-state index contributed by atoms with van der Waals surface area (Å²) in [7, 11) is 0. The molecule has 0 unspecified atom stereocenters. The summed E-state index contributed by atoms with van der Waals surface area (Å²) >= 11 is 0. The molecular weight excluding hydrogens is 354 g/mol. The van der Waals surface area contributed by atoms with E-state index < -0.39 is 0 Å². The van der Waals surface area contributed by atoms with Crippen LogP contribution in [0.3, 0.4) is 0 Å². The van der Waals surface area contributed by atoms with Crippen molar-refractivity contribution in [2.45, 2.75) is 46.1 Å². The molecule has 1 fully saturated rings. The van der Waals surface area contributed by atoms with Gasteiger partial charge >= 0.3 is 0 Å². The van der Waals surface area contributed by atoms with Crippen molar-refractivity contribution in [1.82, 2.24) is 15.4 Å². The molecule has 3 rings (SSSR count). The molecule has 0 radical (unpaired) electrons. The first-order chi connectivity index (χ1) is 13.5. The van der Waals surface area contributed by atoms with Crippen LogP contribution in [0.1, 0.15) is 54.9 Å². The minimum atomic E-state index is -0.215. The Morgan fingerprint density at radius 1 is 1.25 bits per heavy atom. The normalized spacial score (nSPS) is 13.5. The minimum Gasteiger partial charge on any atom is -0.359 e. The molecule has 6 heteroatoms. The monoisotopic (exact) mass is 383 g/mol. The van der Waals surface area contributed by atoms with Crippen LogP contribution in [-0.4, -0.2) is 35.0 Å². The summed E-state index contributed by atoms with van der Waals surface area (Å²) in [5.74, 6) is 1.34. The quantitative estimate of drug-likeness (QED) is 0.682. The van der Waals surface area contributed by atoms with Crippen molar-refractivity contribution >= 4 is 11.8 Å². The molecule has 2 amide bonds. The van der Waals surface area contributed by atoms with Gasteiger partial charge in [0.1, 0.15) is 0 Å².